The second-order valence-corrected chi connectivity index (χ2v) is 6.41. The van der Waals surface area contributed by atoms with E-state index in [0.717, 1.165) is 16.5 Å². The molecule has 0 aliphatic heterocycles. The molecular formula is C22H16N2O5. The van der Waals surface area contributed by atoms with Crippen molar-refractivity contribution in [3.05, 3.63) is 89.5 Å². The molecule has 144 valence electrons. The number of carboxylic acid groups (broad SMARTS) is 2. The van der Waals surface area contributed by atoms with Crippen LogP contribution in [0, 0.1) is 0 Å². The van der Waals surface area contributed by atoms with Crippen molar-refractivity contribution < 1.29 is 24.2 Å². The summed E-state index contributed by atoms with van der Waals surface area (Å²) in [6.07, 6.45) is 3.59. The number of rotatable bonds is 6. The average molecular weight is 388 g/mol. The Bertz CT molecular complexity index is 1250. The van der Waals surface area contributed by atoms with E-state index in [-0.39, 0.29) is 11.3 Å². The summed E-state index contributed by atoms with van der Waals surface area (Å²) in [5, 5.41) is 19.1. The molecule has 0 aliphatic rings. The number of nitrogens with zero attached hydrogens (tertiary/aromatic N) is 2. The van der Waals surface area contributed by atoms with E-state index >= 15 is 0 Å². The number of benzene rings is 2. The van der Waals surface area contributed by atoms with Crippen molar-refractivity contribution >= 4 is 34.7 Å². The van der Waals surface area contributed by atoms with Gasteiger partial charge in [-0.25, -0.2) is 9.59 Å². The molecule has 0 bridgehead atoms. The Labute approximate surface area is 165 Å². The van der Waals surface area contributed by atoms with Crippen molar-refractivity contribution in [3.8, 4) is 0 Å². The molecule has 0 unspecified atom stereocenters. The van der Waals surface area contributed by atoms with Gasteiger partial charge in [0.15, 0.2) is 0 Å². The molecule has 4 aromatic rings. The van der Waals surface area contributed by atoms with Crippen molar-refractivity contribution in [3.63, 3.8) is 0 Å². The summed E-state index contributed by atoms with van der Waals surface area (Å²) < 4.78 is 7.32. The zero-order chi connectivity index (χ0) is 20.4. The number of hydrogen-bond donors (Lipinski definition) is 2. The Morgan fingerprint density at radius 2 is 1.83 bits per heavy atom. The molecule has 2 N–H and O–H groups in total. The van der Waals surface area contributed by atoms with Crippen LogP contribution in [0.5, 0.6) is 0 Å². The largest absolute Gasteiger partial charge is 0.478 e. The van der Waals surface area contributed by atoms with E-state index in [2.05, 4.69) is 4.99 Å². The molecule has 0 amide bonds. The molecule has 0 atom stereocenters. The minimum atomic E-state index is -1.11. The lowest BCUT2D eigenvalue weighted by molar-refractivity contribution is 0.0657. The highest BCUT2D eigenvalue weighted by molar-refractivity contribution is 6.00. The monoisotopic (exact) mass is 388 g/mol. The zero-order valence-corrected chi connectivity index (χ0v) is 15.1. The number of aromatic nitrogens is 1. The van der Waals surface area contributed by atoms with Gasteiger partial charge in [-0.15, -0.1) is 0 Å². The molecule has 2 aromatic heterocycles. The van der Waals surface area contributed by atoms with Crippen LogP contribution in [-0.2, 0) is 6.54 Å². The van der Waals surface area contributed by atoms with Gasteiger partial charge in [0, 0.05) is 28.9 Å². The number of aliphatic imine (C=N–C) groups is 1. The van der Waals surface area contributed by atoms with Gasteiger partial charge in [-0.3, -0.25) is 4.99 Å². The van der Waals surface area contributed by atoms with Crippen LogP contribution in [0.1, 0.15) is 32.2 Å². The van der Waals surface area contributed by atoms with Gasteiger partial charge in [0.05, 0.1) is 17.8 Å². The first kappa shape index (κ1) is 18.2. The number of para-hydroxylation sites is 1. The maximum Gasteiger partial charge on any atom is 0.371 e. The number of fused-ring (bicyclic) bond motifs is 1. The Balaban J connectivity index is 1.67. The lowest BCUT2D eigenvalue weighted by Crippen LogP contribution is -1.97. The molecule has 29 heavy (non-hydrogen) atoms. The number of carbonyl (C=O) groups is 2. The third-order valence-electron chi connectivity index (χ3n) is 4.46. The number of hydrogen-bond acceptors (Lipinski definition) is 4. The second-order valence-electron chi connectivity index (χ2n) is 6.41. The summed E-state index contributed by atoms with van der Waals surface area (Å²) in [6.45, 7) is 0.371. The topological polar surface area (TPSA) is 105 Å². The lowest BCUT2D eigenvalue weighted by Gasteiger charge is -2.02. The standard InChI is InChI=1S/C22H16N2O5/c25-21(26)14-4-3-5-16(10-14)23-11-15-12-24(19-7-2-1-6-18(15)19)13-17-8-9-20(29-17)22(27)28/h1-12H,13H2,(H,25,26)(H,27,28). The van der Waals surface area contributed by atoms with Crippen LogP contribution in [-0.4, -0.2) is 32.9 Å². The predicted molar refractivity (Wildman–Crippen MR) is 107 cm³/mol. The van der Waals surface area contributed by atoms with Crippen molar-refractivity contribution in [2.45, 2.75) is 6.54 Å². The van der Waals surface area contributed by atoms with Crippen molar-refractivity contribution in [2.24, 2.45) is 4.99 Å². The summed E-state index contributed by atoms with van der Waals surface area (Å²) >= 11 is 0. The smallest absolute Gasteiger partial charge is 0.371 e. The molecule has 7 heteroatoms. The van der Waals surface area contributed by atoms with Gasteiger partial charge < -0.3 is 19.2 Å². The maximum atomic E-state index is 11.1. The minimum Gasteiger partial charge on any atom is -0.478 e. The van der Waals surface area contributed by atoms with Crippen LogP contribution in [0.4, 0.5) is 5.69 Å². The van der Waals surface area contributed by atoms with Gasteiger partial charge in [0.2, 0.25) is 5.76 Å². The minimum absolute atomic E-state index is 0.100. The van der Waals surface area contributed by atoms with Gasteiger partial charge >= 0.3 is 11.9 Å². The number of carboxylic acids is 2. The van der Waals surface area contributed by atoms with Crippen LogP contribution >= 0.6 is 0 Å². The molecule has 0 radical (unpaired) electrons. The fourth-order valence-corrected chi connectivity index (χ4v) is 3.12. The van der Waals surface area contributed by atoms with Crippen molar-refractivity contribution in [1.29, 1.82) is 0 Å². The third kappa shape index (κ3) is 3.79. The molecule has 0 saturated heterocycles. The molecule has 0 spiro atoms. The van der Waals surface area contributed by atoms with Crippen LogP contribution in [0.15, 0.2) is 76.3 Å². The third-order valence-corrected chi connectivity index (χ3v) is 4.46. The van der Waals surface area contributed by atoms with Gasteiger partial charge in [-0.05, 0) is 36.4 Å². The first-order valence-corrected chi connectivity index (χ1v) is 8.78. The predicted octanol–water partition coefficient (Wildman–Crippen LogP) is 4.43. The Morgan fingerprint density at radius 1 is 1.00 bits per heavy atom. The zero-order valence-electron chi connectivity index (χ0n) is 15.1. The van der Waals surface area contributed by atoms with Gasteiger partial charge in [-0.1, -0.05) is 24.3 Å². The maximum absolute atomic E-state index is 11.1. The van der Waals surface area contributed by atoms with Gasteiger partial charge in [0.1, 0.15) is 5.76 Å². The van der Waals surface area contributed by atoms with E-state index in [4.69, 9.17) is 14.6 Å². The summed E-state index contributed by atoms with van der Waals surface area (Å²) in [7, 11) is 0. The molecular weight excluding hydrogens is 372 g/mol. The van der Waals surface area contributed by atoms with E-state index < -0.39 is 11.9 Å². The second kappa shape index (κ2) is 7.47. The summed E-state index contributed by atoms with van der Waals surface area (Å²) in [6, 6.07) is 17.2. The van der Waals surface area contributed by atoms with Crippen molar-refractivity contribution in [2.75, 3.05) is 0 Å². The van der Waals surface area contributed by atoms with Crippen LogP contribution in [0.2, 0.25) is 0 Å². The first-order chi connectivity index (χ1) is 14.0. The summed E-state index contributed by atoms with van der Waals surface area (Å²) in [4.78, 5) is 26.6. The number of furan rings is 1. The highest BCUT2D eigenvalue weighted by Gasteiger charge is 2.12. The molecule has 0 fully saturated rings. The van der Waals surface area contributed by atoms with E-state index in [0.29, 0.717) is 18.0 Å². The van der Waals surface area contributed by atoms with Gasteiger partial charge in [0.25, 0.3) is 0 Å². The Hall–Kier alpha value is -4.13. The molecule has 2 aromatic carbocycles. The van der Waals surface area contributed by atoms with Crippen LogP contribution in [0.3, 0.4) is 0 Å². The normalized spacial score (nSPS) is 11.3. The fraction of sp³-hybridized carbons (Fsp3) is 0.0455. The SMILES string of the molecule is O=C(O)c1cccc(N=Cc2cn(Cc3ccc(C(=O)O)o3)c3ccccc23)c1. The summed E-state index contributed by atoms with van der Waals surface area (Å²) in [5.41, 5.74) is 2.51. The quantitative estimate of drug-likeness (QED) is 0.476. The Morgan fingerprint density at radius 3 is 2.59 bits per heavy atom. The van der Waals surface area contributed by atoms with Crippen LogP contribution < -0.4 is 0 Å². The Kier molecular flexibility index (Phi) is 4.70. The van der Waals surface area contributed by atoms with E-state index in [1.165, 1.54) is 18.2 Å². The molecule has 0 saturated carbocycles. The molecule has 2 heterocycles. The van der Waals surface area contributed by atoms with E-state index in [1.807, 2.05) is 35.0 Å². The molecule has 7 nitrogen and oxygen atoms in total. The highest BCUT2D eigenvalue weighted by atomic mass is 16.4. The number of aromatic carboxylic acids is 2. The highest BCUT2D eigenvalue weighted by Crippen LogP contribution is 2.23. The fourth-order valence-electron chi connectivity index (χ4n) is 3.12. The molecule has 0 aliphatic carbocycles. The first-order valence-electron chi connectivity index (χ1n) is 8.78. The summed E-state index contributed by atoms with van der Waals surface area (Å²) in [5.74, 6) is -1.68. The lowest BCUT2D eigenvalue weighted by atomic mass is 10.2. The van der Waals surface area contributed by atoms with Gasteiger partial charge in [-0.2, -0.15) is 0 Å². The molecule has 4 rings (SSSR count). The van der Waals surface area contributed by atoms with E-state index in [1.54, 1.807) is 24.4 Å². The van der Waals surface area contributed by atoms with Crippen LogP contribution in [0.25, 0.3) is 10.9 Å². The average Bonchev–Trinajstić information content (AvgIpc) is 3.32. The van der Waals surface area contributed by atoms with E-state index in [9.17, 15) is 9.59 Å². The van der Waals surface area contributed by atoms with Crippen molar-refractivity contribution in [1.82, 2.24) is 4.57 Å².